The Balaban J connectivity index is 2.62. The SMILES string of the molecule is O=C(Cl)n1c2ccccc2c2ccc(Cl)cc21. The summed E-state index contributed by atoms with van der Waals surface area (Å²) >= 11 is 11.6. The van der Waals surface area contributed by atoms with Crippen molar-refractivity contribution in [2.24, 2.45) is 0 Å². The second-order valence-corrected chi connectivity index (χ2v) is 4.53. The molecule has 2 nitrogen and oxygen atoms in total. The molecule has 3 rings (SSSR count). The van der Waals surface area contributed by atoms with Crippen molar-refractivity contribution >= 4 is 50.4 Å². The molecule has 0 fully saturated rings. The highest BCUT2D eigenvalue weighted by Gasteiger charge is 2.13. The maximum absolute atomic E-state index is 11.5. The maximum Gasteiger partial charge on any atom is 0.325 e. The van der Waals surface area contributed by atoms with E-state index in [0.29, 0.717) is 5.02 Å². The van der Waals surface area contributed by atoms with Gasteiger partial charge in [0.15, 0.2) is 0 Å². The van der Waals surface area contributed by atoms with Gasteiger partial charge < -0.3 is 0 Å². The van der Waals surface area contributed by atoms with Crippen molar-refractivity contribution < 1.29 is 4.79 Å². The third-order valence-corrected chi connectivity index (χ3v) is 3.22. The first-order valence-electron chi connectivity index (χ1n) is 5.07. The Morgan fingerprint density at radius 1 is 1.00 bits per heavy atom. The van der Waals surface area contributed by atoms with Crippen molar-refractivity contribution in [1.82, 2.24) is 4.57 Å². The molecular formula is C13H7Cl2NO. The van der Waals surface area contributed by atoms with Crippen molar-refractivity contribution in [2.45, 2.75) is 0 Å². The van der Waals surface area contributed by atoms with Gasteiger partial charge in [0.25, 0.3) is 0 Å². The summed E-state index contributed by atoms with van der Waals surface area (Å²) in [6, 6.07) is 13.1. The van der Waals surface area contributed by atoms with Gasteiger partial charge in [-0.2, -0.15) is 0 Å². The van der Waals surface area contributed by atoms with Gasteiger partial charge in [0.1, 0.15) is 0 Å². The van der Waals surface area contributed by atoms with Crippen LogP contribution in [-0.4, -0.2) is 9.93 Å². The molecule has 0 aliphatic rings. The first kappa shape index (κ1) is 10.6. The molecule has 0 atom stereocenters. The van der Waals surface area contributed by atoms with Gasteiger partial charge >= 0.3 is 5.37 Å². The van der Waals surface area contributed by atoms with E-state index < -0.39 is 5.37 Å². The number of carbonyl (C=O) groups excluding carboxylic acids is 1. The first-order chi connectivity index (χ1) is 8.18. The van der Waals surface area contributed by atoms with Gasteiger partial charge in [-0.3, -0.25) is 9.36 Å². The summed E-state index contributed by atoms with van der Waals surface area (Å²) in [5.41, 5.74) is 1.53. The van der Waals surface area contributed by atoms with Crippen LogP contribution in [0.1, 0.15) is 0 Å². The number of halogens is 2. The topological polar surface area (TPSA) is 22.0 Å². The van der Waals surface area contributed by atoms with E-state index in [1.165, 1.54) is 4.57 Å². The Kier molecular flexibility index (Phi) is 2.35. The monoisotopic (exact) mass is 263 g/mol. The molecule has 0 amide bonds. The molecule has 1 aromatic heterocycles. The summed E-state index contributed by atoms with van der Waals surface area (Å²) in [6.45, 7) is 0. The lowest BCUT2D eigenvalue weighted by Gasteiger charge is -1.99. The fourth-order valence-corrected chi connectivity index (χ4v) is 2.48. The van der Waals surface area contributed by atoms with Gasteiger partial charge in [-0.25, -0.2) is 0 Å². The molecule has 4 heteroatoms. The molecule has 3 aromatic rings. The summed E-state index contributed by atoms with van der Waals surface area (Å²) in [5.74, 6) is 0. The molecule has 0 unspecified atom stereocenters. The molecule has 17 heavy (non-hydrogen) atoms. The van der Waals surface area contributed by atoms with E-state index in [9.17, 15) is 4.79 Å². The molecule has 0 aliphatic heterocycles. The lowest BCUT2D eigenvalue weighted by Crippen LogP contribution is -2.00. The number of aromatic nitrogens is 1. The second-order valence-electron chi connectivity index (χ2n) is 3.77. The predicted molar refractivity (Wildman–Crippen MR) is 71.1 cm³/mol. The number of hydrogen-bond acceptors (Lipinski definition) is 1. The van der Waals surface area contributed by atoms with Gasteiger partial charge in [0.05, 0.1) is 11.0 Å². The van der Waals surface area contributed by atoms with E-state index in [4.69, 9.17) is 23.2 Å². The number of rotatable bonds is 0. The molecule has 0 saturated heterocycles. The molecule has 0 radical (unpaired) electrons. The Morgan fingerprint density at radius 2 is 1.71 bits per heavy atom. The largest absolute Gasteiger partial charge is 0.325 e. The molecule has 2 aromatic carbocycles. The van der Waals surface area contributed by atoms with Crippen LogP contribution >= 0.6 is 23.2 Å². The van der Waals surface area contributed by atoms with Crippen LogP contribution in [0.2, 0.25) is 5.02 Å². The minimum Gasteiger partial charge on any atom is -0.266 e. The molecule has 0 bridgehead atoms. The number of para-hydroxylation sites is 1. The van der Waals surface area contributed by atoms with Gasteiger partial charge in [0, 0.05) is 15.8 Å². The quantitative estimate of drug-likeness (QED) is 0.541. The summed E-state index contributed by atoms with van der Waals surface area (Å²) in [5, 5.41) is 2.02. The van der Waals surface area contributed by atoms with E-state index in [-0.39, 0.29) is 0 Å². The van der Waals surface area contributed by atoms with Crippen LogP contribution in [0, 0.1) is 0 Å². The molecule has 1 heterocycles. The van der Waals surface area contributed by atoms with Crippen LogP contribution in [0.4, 0.5) is 4.79 Å². The van der Waals surface area contributed by atoms with Gasteiger partial charge in [-0.05, 0) is 29.8 Å². The maximum atomic E-state index is 11.5. The molecule has 0 aliphatic carbocycles. The summed E-state index contributed by atoms with van der Waals surface area (Å²) in [4.78, 5) is 11.5. The zero-order valence-corrected chi connectivity index (χ0v) is 10.2. The normalized spacial score (nSPS) is 11.2. The van der Waals surface area contributed by atoms with Crippen molar-refractivity contribution in [3.63, 3.8) is 0 Å². The van der Waals surface area contributed by atoms with Crippen LogP contribution in [0.25, 0.3) is 21.8 Å². The van der Waals surface area contributed by atoms with E-state index >= 15 is 0 Å². The lowest BCUT2D eigenvalue weighted by atomic mass is 10.2. The molecule has 84 valence electrons. The minimum absolute atomic E-state index is 0.529. The lowest BCUT2D eigenvalue weighted by molar-refractivity contribution is 0.262. The van der Waals surface area contributed by atoms with Gasteiger partial charge in [-0.1, -0.05) is 35.9 Å². The standard InChI is InChI=1S/C13H7Cl2NO/c14-8-5-6-10-9-3-1-2-4-11(9)16(13(15)17)12(10)7-8/h1-7H. The average molecular weight is 264 g/mol. The Hall–Kier alpha value is -1.51. The van der Waals surface area contributed by atoms with Crippen LogP contribution in [0.5, 0.6) is 0 Å². The van der Waals surface area contributed by atoms with Crippen molar-refractivity contribution in [3.05, 3.63) is 47.5 Å². The molecule has 0 spiro atoms. The molecule has 0 N–H and O–H groups in total. The summed E-state index contributed by atoms with van der Waals surface area (Å²) < 4.78 is 1.47. The Morgan fingerprint density at radius 3 is 2.47 bits per heavy atom. The average Bonchev–Trinajstić information content (AvgIpc) is 2.62. The predicted octanol–water partition coefficient (Wildman–Crippen LogP) is 4.65. The molecular weight excluding hydrogens is 257 g/mol. The highest BCUT2D eigenvalue weighted by molar-refractivity contribution is 6.64. The minimum atomic E-state index is -0.529. The fourth-order valence-electron chi connectivity index (χ4n) is 2.13. The number of benzene rings is 2. The number of nitrogens with zero attached hydrogens (tertiary/aromatic N) is 1. The van der Waals surface area contributed by atoms with E-state index in [2.05, 4.69) is 0 Å². The third-order valence-electron chi connectivity index (χ3n) is 2.81. The van der Waals surface area contributed by atoms with Crippen LogP contribution in [0.3, 0.4) is 0 Å². The fraction of sp³-hybridized carbons (Fsp3) is 0. The van der Waals surface area contributed by atoms with Crippen LogP contribution in [0.15, 0.2) is 42.5 Å². The highest BCUT2D eigenvalue weighted by Crippen LogP contribution is 2.31. The number of carbonyl (C=O) groups is 1. The molecule has 0 saturated carbocycles. The zero-order valence-electron chi connectivity index (χ0n) is 8.65. The van der Waals surface area contributed by atoms with Crippen molar-refractivity contribution in [3.8, 4) is 0 Å². The smallest absolute Gasteiger partial charge is 0.266 e. The van der Waals surface area contributed by atoms with E-state index in [1.54, 1.807) is 12.1 Å². The van der Waals surface area contributed by atoms with Crippen LogP contribution in [-0.2, 0) is 0 Å². The van der Waals surface area contributed by atoms with Crippen molar-refractivity contribution in [1.29, 1.82) is 0 Å². The summed E-state index contributed by atoms with van der Waals surface area (Å²) in [7, 11) is 0. The third kappa shape index (κ3) is 1.53. The van der Waals surface area contributed by atoms with Gasteiger partial charge in [-0.15, -0.1) is 0 Å². The highest BCUT2D eigenvalue weighted by atomic mass is 35.5. The first-order valence-corrected chi connectivity index (χ1v) is 5.82. The Labute approximate surface area is 107 Å². The summed E-state index contributed by atoms with van der Waals surface area (Å²) in [6.07, 6.45) is 0. The van der Waals surface area contributed by atoms with E-state index in [0.717, 1.165) is 21.8 Å². The number of fused-ring (bicyclic) bond motifs is 3. The second kappa shape index (κ2) is 3.76. The zero-order chi connectivity index (χ0) is 12.0. The Bertz CT molecular complexity index is 746. The van der Waals surface area contributed by atoms with Crippen LogP contribution < -0.4 is 0 Å². The van der Waals surface area contributed by atoms with Crippen molar-refractivity contribution in [2.75, 3.05) is 0 Å². The van der Waals surface area contributed by atoms with Gasteiger partial charge in [0.2, 0.25) is 0 Å². The number of hydrogen-bond donors (Lipinski definition) is 0. The van der Waals surface area contributed by atoms with E-state index in [1.807, 2.05) is 30.3 Å².